The van der Waals surface area contributed by atoms with Gasteiger partial charge in [0.15, 0.2) is 0 Å². The molecule has 1 aliphatic heterocycles. The van der Waals surface area contributed by atoms with Gasteiger partial charge in [0.25, 0.3) is 5.91 Å². The van der Waals surface area contributed by atoms with E-state index in [4.69, 9.17) is 4.74 Å². The SMILES string of the molecule is CC(C)(C)c1ccccc1N1CCN(C(=O)c2ccc(OCc3ccccc3)cc2)CC1. The zero-order chi connectivity index (χ0) is 22.6. The molecule has 0 aromatic heterocycles. The van der Waals surface area contributed by atoms with Crippen LogP contribution < -0.4 is 9.64 Å². The molecule has 0 bridgehead atoms. The molecule has 4 rings (SSSR count). The van der Waals surface area contributed by atoms with E-state index in [1.54, 1.807) is 0 Å². The van der Waals surface area contributed by atoms with Crippen LogP contribution in [0.1, 0.15) is 42.3 Å². The van der Waals surface area contributed by atoms with E-state index in [2.05, 4.69) is 49.9 Å². The first-order valence-electron chi connectivity index (χ1n) is 11.3. The summed E-state index contributed by atoms with van der Waals surface area (Å²) in [6.45, 7) is 10.4. The fourth-order valence-corrected chi connectivity index (χ4v) is 4.15. The lowest BCUT2D eigenvalue weighted by atomic mass is 9.85. The van der Waals surface area contributed by atoms with Crippen molar-refractivity contribution >= 4 is 11.6 Å². The zero-order valence-corrected chi connectivity index (χ0v) is 19.3. The Kier molecular flexibility index (Phi) is 6.50. The average molecular weight is 429 g/mol. The molecule has 1 fully saturated rings. The predicted octanol–water partition coefficient (Wildman–Crippen LogP) is 5.53. The zero-order valence-electron chi connectivity index (χ0n) is 19.3. The number of para-hydroxylation sites is 1. The van der Waals surface area contributed by atoms with Gasteiger partial charge in [0.2, 0.25) is 0 Å². The van der Waals surface area contributed by atoms with E-state index >= 15 is 0 Å². The minimum Gasteiger partial charge on any atom is -0.489 e. The second kappa shape index (κ2) is 9.47. The van der Waals surface area contributed by atoms with Crippen molar-refractivity contribution in [2.24, 2.45) is 0 Å². The summed E-state index contributed by atoms with van der Waals surface area (Å²) in [5, 5.41) is 0. The van der Waals surface area contributed by atoms with Crippen LogP contribution in [0.25, 0.3) is 0 Å². The van der Waals surface area contributed by atoms with E-state index in [0.717, 1.165) is 37.5 Å². The number of ether oxygens (including phenoxy) is 1. The number of carbonyl (C=O) groups is 1. The third-order valence-corrected chi connectivity index (χ3v) is 5.97. The molecule has 1 heterocycles. The Labute approximate surface area is 191 Å². The van der Waals surface area contributed by atoms with Gasteiger partial charge in [0.05, 0.1) is 0 Å². The molecule has 0 aliphatic carbocycles. The molecule has 1 amide bonds. The number of amides is 1. The number of hydrogen-bond acceptors (Lipinski definition) is 3. The lowest BCUT2D eigenvalue weighted by Crippen LogP contribution is -2.49. The second-order valence-electron chi connectivity index (χ2n) is 9.35. The van der Waals surface area contributed by atoms with Crippen LogP contribution in [0.5, 0.6) is 5.75 Å². The van der Waals surface area contributed by atoms with Gasteiger partial charge in [-0.1, -0.05) is 69.3 Å². The summed E-state index contributed by atoms with van der Waals surface area (Å²) in [5.74, 6) is 0.859. The fraction of sp³-hybridized carbons (Fsp3) is 0.321. The molecule has 4 heteroatoms. The lowest BCUT2D eigenvalue weighted by molar-refractivity contribution is 0.0746. The Morgan fingerprint density at radius 1 is 0.812 bits per heavy atom. The molecule has 0 radical (unpaired) electrons. The summed E-state index contributed by atoms with van der Waals surface area (Å²) in [7, 11) is 0. The van der Waals surface area contributed by atoms with Crippen LogP contribution >= 0.6 is 0 Å². The van der Waals surface area contributed by atoms with Crippen molar-refractivity contribution in [3.05, 3.63) is 95.6 Å². The fourth-order valence-electron chi connectivity index (χ4n) is 4.15. The van der Waals surface area contributed by atoms with Gasteiger partial charge in [-0.3, -0.25) is 4.79 Å². The summed E-state index contributed by atoms with van der Waals surface area (Å²) >= 11 is 0. The maximum absolute atomic E-state index is 13.0. The molecule has 0 spiro atoms. The van der Waals surface area contributed by atoms with E-state index in [9.17, 15) is 4.79 Å². The van der Waals surface area contributed by atoms with Gasteiger partial charge >= 0.3 is 0 Å². The largest absolute Gasteiger partial charge is 0.489 e. The monoisotopic (exact) mass is 428 g/mol. The van der Waals surface area contributed by atoms with Gasteiger partial charge in [-0.15, -0.1) is 0 Å². The molecular weight excluding hydrogens is 396 g/mol. The molecule has 166 valence electrons. The molecule has 0 saturated carbocycles. The van der Waals surface area contributed by atoms with Crippen LogP contribution in [-0.2, 0) is 12.0 Å². The summed E-state index contributed by atoms with van der Waals surface area (Å²) in [6, 6.07) is 26.2. The van der Waals surface area contributed by atoms with E-state index in [1.807, 2.05) is 59.5 Å². The van der Waals surface area contributed by atoms with Gasteiger partial charge in [-0.2, -0.15) is 0 Å². The number of rotatable bonds is 5. The summed E-state index contributed by atoms with van der Waals surface area (Å²) in [4.78, 5) is 17.4. The van der Waals surface area contributed by atoms with Crippen LogP contribution in [0, 0.1) is 0 Å². The summed E-state index contributed by atoms with van der Waals surface area (Å²) in [5.41, 5.74) is 4.56. The highest BCUT2D eigenvalue weighted by Gasteiger charge is 2.26. The average Bonchev–Trinajstić information content (AvgIpc) is 2.83. The molecule has 0 unspecified atom stereocenters. The Bertz CT molecular complexity index is 1030. The minimum absolute atomic E-state index is 0.0864. The number of benzene rings is 3. The van der Waals surface area contributed by atoms with E-state index < -0.39 is 0 Å². The third-order valence-electron chi connectivity index (χ3n) is 5.97. The van der Waals surface area contributed by atoms with Crippen molar-refractivity contribution in [2.45, 2.75) is 32.8 Å². The molecule has 32 heavy (non-hydrogen) atoms. The lowest BCUT2D eigenvalue weighted by Gasteiger charge is -2.38. The molecule has 1 aliphatic rings. The number of piperazine rings is 1. The highest BCUT2D eigenvalue weighted by atomic mass is 16.5. The molecule has 3 aromatic carbocycles. The van der Waals surface area contributed by atoms with Crippen molar-refractivity contribution in [2.75, 3.05) is 31.1 Å². The number of hydrogen-bond donors (Lipinski definition) is 0. The first-order valence-corrected chi connectivity index (χ1v) is 11.3. The molecule has 3 aromatic rings. The Hall–Kier alpha value is -3.27. The molecular formula is C28H32N2O2. The number of anilines is 1. The normalized spacial score (nSPS) is 14.3. The van der Waals surface area contributed by atoms with Gasteiger partial charge in [-0.05, 0) is 46.9 Å². The number of nitrogens with zero attached hydrogens (tertiary/aromatic N) is 2. The van der Waals surface area contributed by atoms with Crippen LogP contribution in [-0.4, -0.2) is 37.0 Å². The first-order chi connectivity index (χ1) is 15.4. The quantitative estimate of drug-likeness (QED) is 0.536. The summed E-state index contributed by atoms with van der Waals surface area (Å²) in [6.07, 6.45) is 0. The molecule has 0 N–H and O–H groups in total. The molecule has 4 nitrogen and oxygen atoms in total. The highest BCUT2D eigenvalue weighted by Crippen LogP contribution is 2.32. The predicted molar refractivity (Wildman–Crippen MR) is 130 cm³/mol. The van der Waals surface area contributed by atoms with Gasteiger partial charge < -0.3 is 14.5 Å². The van der Waals surface area contributed by atoms with Crippen LogP contribution in [0.2, 0.25) is 0 Å². The van der Waals surface area contributed by atoms with Gasteiger partial charge in [0, 0.05) is 37.4 Å². The van der Waals surface area contributed by atoms with Crippen molar-refractivity contribution in [3.63, 3.8) is 0 Å². The van der Waals surface area contributed by atoms with Crippen molar-refractivity contribution < 1.29 is 9.53 Å². The molecule has 1 saturated heterocycles. The smallest absolute Gasteiger partial charge is 0.253 e. The maximum Gasteiger partial charge on any atom is 0.253 e. The van der Waals surface area contributed by atoms with Crippen LogP contribution in [0.3, 0.4) is 0 Å². The standard InChI is InChI=1S/C28H32N2O2/c1-28(2,3)25-11-7-8-12-26(25)29-17-19-30(20-18-29)27(31)23-13-15-24(16-14-23)32-21-22-9-5-4-6-10-22/h4-16H,17-21H2,1-3H3. The van der Waals surface area contributed by atoms with Crippen molar-refractivity contribution in [3.8, 4) is 5.75 Å². The minimum atomic E-state index is 0.0864. The Balaban J connectivity index is 1.35. The van der Waals surface area contributed by atoms with Crippen LogP contribution in [0.15, 0.2) is 78.9 Å². The van der Waals surface area contributed by atoms with E-state index in [-0.39, 0.29) is 11.3 Å². The highest BCUT2D eigenvalue weighted by molar-refractivity contribution is 5.94. The maximum atomic E-state index is 13.0. The van der Waals surface area contributed by atoms with E-state index in [0.29, 0.717) is 12.2 Å². The Morgan fingerprint density at radius 3 is 2.09 bits per heavy atom. The Morgan fingerprint density at radius 2 is 1.44 bits per heavy atom. The molecule has 0 atom stereocenters. The van der Waals surface area contributed by atoms with Crippen molar-refractivity contribution in [1.82, 2.24) is 4.90 Å². The van der Waals surface area contributed by atoms with Crippen LogP contribution in [0.4, 0.5) is 5.69 Å². The number of carbonyl (C=O) groups excluding carboxylic acids is 1. The topological polar surface area (TPSA) is 32.8 Å². The first kappa shape index (κ1) is 21.9. The third kappa shape index (κ3) is 5.13. The van der Waals surface area contributed by atoms with E-state index in [1.165, 1.54) is 11.3 Å². The van der Waals surface area contributed by atoms with Gasteiger partial charge in [-0.25, -0.2) is 0 Å². The van der Waals surface area contributed by atoms with Gasteiger partial charge in [0.1, 0.15) is 12.4 Å². The summed E-state index contributed by atoms with van der Waals surface area (Å²) < 4.78 is 5.84. The second-order valence-corrected chi connectivity index (χ2v) is 9.35. The van der Waals surface area contributed by atoms with Crippen molar-refractivity contribution in [1.29, 1.82) is 0 Å².